The van der Waals surface area contributed by atoms with Gasteiger partial charge >= 0.3 is 12.2 Å². The van der Waals surface area contributed by atoms with Crippen LogP contribution in [0.1, 0.15) is 61.6 Å². The molecule has 0 bridgehead atoms. The Morgan fingerprint density at radius 3 is 2.27 bits per heavy atom. The van der Waals surface area contributed by atoms with Crippen LogP contribution in [-0.4, -0.2) is 84.4 Å². The molecular weight excluding hydrogens is 657 g/mol. The van der Waals surface area contributed by atoms with Gasteiger partial charge in [0.05, 0.1) is 22.2 Å². The van der Waals surface area contributed by atoms with Gasteiger partial charge in [0.15, 0.2) is 0 Å². The molecule has 0 saturated carbocycles. The summed E-state index contributed by atoms with van der Waals surface area (Å²) in [6, 6.07) is 9.90. The van der Waals surface area contributed by atoms with E-state index in [9.17, 15) is 27.6 Å². The lowest BCUT2D eigenvalue weighted by Gasteiger charge is -2.40. The summed E-state index contributed by atoms with van der Waals surface area (Å²) < 4.78 is 41.4. The second-order valence-electron chi connectivity index (χ2n) is 14.0. The summed E-state index contributed by atoms with van der Waals surface area (Å²) in [6.45, 7) is 4.59. The molecular formula is C36H46ClF3N6O3. The van der Waals surface area contributed by atoms with Crippen molar-refractivity contribution in [3.63, 3.8) is 0 Å². The van der Waals surface area contributed by atoms with E-state index in [0.29, 0.717) is 57.4 Å². The third-order valence-electron chi connectivity index (χ3n) is 11.0. The molecule has 6 rings (SSSR count). The molecule has 3 fully saturated rings. The molecule has 0 aliphatic carbocycles. The van der Waals surface area contributed by atoms with Gasteiger partial charge < -0.3 is 31.1 Å². The molecule has 2 aromatic carbocycles. The Morgan fingerprint density at radius 1 is 0.918 bits per heavy atom. The van der Waals surface area contributed by atoms with Crippen LogP contribution >= 0.6 is 11.6 Å². The highest BCUT2D eigenvalue weighted by atomic mass is 35.5. The topological polar surface area (TPSA) is 111 Å². The summed E-state index contributed by atoms with van der Waals surface area (Å²) >= 11 is 6.15. The number of urea groups is 1. The van der Waals surface area contributed by atoms with Crippen LogP contribution in [0.3, 0.4) is 0 Å². The van der Waals surface area contributed by atoms with Crippen molar-refractivity contribution in [1.29, 1.82) is 0 Å². The van der Waals surface area contributed by atoms with Gasteiger partial charge in [0.2, 0.25) is 11.8 Å². The number of para-hydroxylation sites is 1. The van der Waals surface area contributed by atoms with Crippen LogP contribution in [0.25, 0.3) is 0 Å². The Balaban J connectivity index is 1.12. The molecule has 0 spiro atoms. The molecule has 266 valence electrons. The van der Waals surface area contributed by atoms with Gasteiger partial charge in [-0.15, -0.1) is 0 Å². The van der Waals surface area contributed by atoms with Gasteiger partial charge in [-0.2, -0.15) is 13.2 Å². The van der Waals surface area contributed by atoms with Crippen LogP contribution in [-0.2, 0) is 28.6 Å². The van der Waals surface area contributed by atoms with Crippen molar-refractivity contribution >= 4 is 40.8 Å². The van der Waals surface area contributed by atoms with Crippen molar-refractivity contribution in [2.75, 3.05) is 56.9 Å². The third kappa shape index (κ3) is 8.28. The second-order valence-corrected chi connectivity index (χ2v) is 14.4. The van der Waals surface area contributed by atoms with E-state index < -0.39 is 23.3 Å². The third-order valence-corrected chi connectivity index (χ3v) is 11.4. The van der Waals surface area contributed by atoms with Crippen molar-refractivity contribution in [2.24, 2.45) is 17.8 Å². The van der Waals surface area contributed by atoms with Crippen LogP contribution in [0.15, 0.2) is 36.4 Å². The molecule has 13 heteroatoms. The number of alkyl halides is 3. The predicted molar refractivity (Wildman–Crippen MR) is 183 cm³/mol. The van der Waals surface area contributed by atoms with E-state index in [4.69, 9.17) is 17.3 Å². The summed E-state index contributed by atoms with van der Waals surface area (Å²) in [7, 11) is 0. The summed E-state index contributed by atoms with van der Waals surface area (Å²) in [5.74, 6) is -0.109. The lowest BCUT2D eigenvalue weighted by atomic mass is 9.79. The largest absolute Gasteiger partial charge is 0.418 e. The van der Waals surface area contributed by atoms with E-state index in [1.807, 2.05) is 29.2 Å². The Hall–Kier alpha value is -3.51. The van der Waals surface area contributed by atoms with Crippen molar-refractivity contribution < 1.29 is 27.6 Å². The van der Waals surface area contributed by atoms with Crippen LogP contribution in [0.2, 0.25) is 5.02 Å². The van der Waals surface area contributed by atoms with Crippen molar-refractivity contribution in [3.05, 3.63) is 58.1 Å². The number of fused-ring (bicyclic) bond motifs is 1. The molecule has 1 atom stereocenters. The highest BCUT2D eigenvalue weighted by Gasteiger charge is 2.38. The Bertz CT molecular complexity index is 1520. The van der Waals surface area contributed by atoms with Crippen LogP contribution in [0, 0.1) is 17.8 Å². The molecule has 9 nitrogen and oxygen atoms in total. The number of benzene rings is 2. The Labute approximate surface area is 290 Å². The minimum absolute atomic E-state index is 0.0326. The second kappa shape index (κ2) is 15.2. The number of nitrogens with one attached hydrogen (secondary N) is 2. The van der Waals surface area contributed by atoms with Gasteiger partial charge in [0.1, 0.15) is 0 Å². The van der Waals surface area contributed by atoms with Gasteiger partial charge in [-0.3, -0.25) is 9.59 Å². The highest BCUT2D eigenvalue weighted by Crippen LogP contribution is 2.39. The predicted octanol–water partition coefficient (Wildman–Crippen LogP) is 5.81. The first kappa shape index (κ1) is 35.3. The zero-order valence-electron chi connectivity index (χ0n) is 27.7. The summed E-state index contributed by atoms with van der Waals surface area (Å²) in [6.07, 6.45) is 1.04. The zero-order chi connectivity index (χ0) is 34.7. The monoisotopic (exact) mass is 702 g/mol. The normalized spacial score (nSPS) is 20.8. The van der Waals surface area contributed by atoms with Gasteiger partial charge in [0.25, 0.3) is 0 Å². The average Bonchev–Trinajstić information content (AvgIpc) is 3.27. The number of hydrogen-bond donors (Lipinski definition) is 3. The van der Waals surface area contributed by atoms with Gasteiger partial charge in [-0.05, 0) is 106 Å². The maximum absolute atomic E-state index is 14.1. The number of carbonyl (C=O) groups is 3. The number of rotatable bonds is 7. The highest BCUT2D eigenvalue weighted by molar-refractivity contribution is 6.33. The average molecular weight is 703 g/mol. The van der Waals surface area contributed by atoms with E-state index in [0.717, 1.165) is 62.5 Å². The molecule has 4 amide bonds. The minimum Gasteiger partial charge on any atom is -0.397 e. The fourth-order valence-corrected chi connectivity index (χ4v) is 8.47. The van der Waals surface area contributed by atoms with E-state index in [1.165, 1.54) is 6.07 Å². The standard InChI is InChI=1S/C36H46ClF3N6O3/c37-30-21-23(20-29(33(30)41)36(38,39)40)19-27(34(48)45-14-7-25(8-15-45)24-5-12-42-13-6-24)22-32(47)44-16-10-28(11-17-44)46-18-9-26-3-1-2-4-31(26)43-35(46)49/h1-4,20-21,24-25,27-28,42H,5-19,22,41H2,(H,43,49)/t27-/m0/s1. The minimum atomic E-state index is -4.72. The number of likely N-dealkylation sites (tertiary alicyclic amines) is 2. The summed E-state index contributed by atoms with van der Waals surface area (Å²) in [5, 5.41) is 6.19. The van der Waals surface area contributed by atoms with Crippen molar-refractivity contribution in [2.45, 2.75) is 70.0 Å². The fraction of sp³-hybridized carbons (Fsp3) is 0.583. The molecule has 4 aliphatic rings. The van der Waals surface area contributed by atoms with Crippen LogP contribution < -0.4 is 16.4 Å². The van der Waals surface area contributed by atoms with E-state index in [1.54, 1.807) is 9.80 Å². The number of nitrogen functional groups attached to an aromatic ring is 1. The van der Waals surface area contributed by atoms with E-state index in [-0.39, 0.29) is 47.3 Å². The van der Waals surface area contributed by atoms with Crippen LogP contribution in [0.5, 0.6) is 0 Å². The van der Waals surface area contributed by atoms with Gasteiger partial charge in [-0.1, -0.05) is 29.8 Å². The molecule has 0 unspecified atom stereocenters. The molecule has 49 heavy (non-hydrogen) atoms. The number of anilines is 2. The number of piperidine rings is 3. The number of hydrogen-bond acceptors (Lipinski definition) is 5. The first-order valence-electron chi connectivity index (χ1n) is 17.6. The smallest absolute Gasteiger partial charge is 0.397 e. The Kier molecular flexibility index (Phi) is 10.9. The molecule has 2 aromatic rings. The maximum atomic E-state index is 14.1. The Morgan fingerprint density at radius 2 is 1.57 bits per heavy atom. The first-order chi connectivity index (χ1) is 23.5. The first-order valence-corrected chi connectivity index (χ1v) is 17.9. The quantitative estimate of drug-likeness (QED) is 0.316. The number of carbonyl (C=O) groups excluding carboxylic acids is 3. The van der Waals surface area contributed by atoms with E-state index in [2.05, 4.69) is 10.6 Å². The van der Waals surface area contributed by atoms with Crippen molar-refractivity contribution in [3.8, 4) is 0 Å². The number of nitrogens with zero attached hydrogens (tertiary/aromatic N) is 3. The fourth-order valence-electron chi connectivity index (χ4n) is 8.23. The van der Waals surface area contributed by atoms with E-state index >= 15 is 0 Å². The molecule has 3 saturated heterocycles. The molecule has 4 heterocycles. The lowest BCUT2D eigenvalue weighted by Crippen LogP contribution is -2.50. The lowest BCUT2D eigenvalue weighted by molar-refractivity contribution is -0.143. The summed E-state index contributed by atoms with van der Waals surface area (Å²) in [5.41, 5.74) is 6.20. The molecule has 4 aliphatic heterocycles. The van der Waals surface area contributed by atoms with Crippen molar-refractivity contribution in [1.82, 2.24) is 20.0 Å². The van der Waals surface area contributed by atoms with Crippen LogP contribution in [0.4, 0.5) is 29.3 Å². The molecule has 0 aromatic heterocycles. The van der Waals surface area contributed by atoms with Gasteiger partial charge in [-0.25, -0.2) is 4.79 Å². The number of nitrogens with two attached hydrogens (primary N) is 1. The number of halogens is 4. The molecule has 0 radical (unpaired) electrons. The van der Waals surface area contributed by atoms with Gasteiger partial charge in [0, 0.05) is 50.9 Å². The molecule has 4 N–H and O–H groups in total. The SMILES string of the molecule is Nc1c(Cl)cc(C[C@@H](CC(=O)N2CCC(N3CCc4ccccc4NC3=O)CC2)C(=O)N2CCC(C3CCNCC3)CC2)cc1C(F)(F)F. The number of amides is 4. The maximum Gasteiger partial charge on any atom is 0.418 e. The summed E-state index contributed by atoms with van der Waals surface area (Å²) in [4.78, 5) is 46.3. The zero-order valence-corrected chi connectivity index (χ0v) is 28.5.